The summed E-state index contributed by atoms with van der Waals surface area (Å²) < 4.78 is 16.4. The minimum absolute atomic E-state index is 0.0474. The Morgan fingerprint density at radius 2 is 1.73 bits per heavy atom. The van der Waals surface area contributed by atoms with E-state index in [1.54, 1.807) is 21.3 Å². The highest BCUT2D eigenvalue weighted by molar-refractivity contribution is 7.12. The Kier molecular flexibility index (Phi) is 7.52. The molecular formula is C26H30N2O4S. The Morgan fingerprint density at radius 1 is 0.970 bits per heavy atom. The molecule has 1 aliphatic rings. The number of benzene rings is 2. The van der Waals surface area contributed by atoms with Gasteiger partial charge in [-0.05, 0) is 54.6 Å². The zero-order valence-corrected chi connectivity index (χ0v) is 20.1. The molecule has 2 heterocycles. The molecule has 6 nitrogen and oxygen atoms in total. The molecule has 0 unspecified atom stereocenters. The van der Waals surface area contributed by atoms with Crippen molar-refractivity contribution >= 4 is 22.9 Å². The van der Waals surface area contributed by atoms with E-state index in [1.165, 1.54) is 11.3 Å². The van der Waals surface area contributed by atoms with Crippen molar-refractivity contribution in [3.05, 3.63) is 70.4 Å². The summed E-state index contributed by atoms with van der Waals surface area (Å²) in [6.07, 6.45) is 1.78. The first-order valence-corrected chi connectivity index (χ1v) is 11.9. The topological polar surface area (TPSA) is 51.2 Å². The van der Waals surface area contributed by atoms with Crippen LogP contribution in [0.5, 0.6) is 17.2 Å². The highest BCUT2D eigenvalue weighted by Crippen LogP contribution is 2.31. The van der Waals surface area contributed by atoms with Crippen LogP contribution in [-0.2, 0) is 6.54 Å². The predicted molar refractivity (Wildman–Crippen MR) is 132 cm³/mol. The molecule has 1 aliphatic heterocycles. The molecule has 0 radical (unpaired) electrons. The standard InChI is InChI=1S/C26H30N2O4S/c1-30-22-7-4-6-21(17-22)28(26(29)25-8-5-15-33-25)20-11-13-27(14-12-20)18-19-16-23(31-2)9-10-24(19)32-3/h4-10,15-17,20H,11-14,18H2,1-3H3. The fraction of sp³-hybridized carbons (Fsp3) is 0.346. The second-order valence-corrected chi connectivity index (χ2v) is 8.99. The van der Waals surface area contributed by atoms with Gasteiger partial charge in [0.2, 0.25) is 0 Å². The van der Waals surface area contributed by atoms with Gasteiger partial charge in [0.15, 0.2) is 0 Å². The molecule has 0 spiro atoms. The van der Waals surface area contributed by atoms with Gasteiger partial charge in [-0.15, -0.1) is 11.3 Å². The molecule has 1 saturated heterocycles. The third kappa shape index (κ3) is 5.31. The van der Waals surface area contributed by atoms with Crippen molar-refractivity contribution in [2.24, 2.45) is 0 Å². The fourth-order valence-corrected chi connectivity index (χ4v) is 5.02. The van der Waals surface area contributed by atoms with E-state index in [1.807, 2.05) is 64.9 Å². The van der Waals surface area contributed by atoms with Crippen LogP contribution in [0.25, 0.3) is 0 Å². The van der Waals surface area contributed by atoms with E-state index < -0.39 is 0 Å². The van der Waals surface area contributed by atoms with Crippen molar-refractivity contribution in [3.63, 3.8) is 0 Å². The minimum Gasteiger partial charge on any atom is -0.497 e. The van der Waals surface area contributed by atoms with Gasteiger partial charge in [0.1, 0.15) is 17.2 Å². The van der Waals surface area contributed by atoms with Gasteiger partial charge in [-0.2, -0.15) is 0 Å². The number of ether oxygens (including phenoxy) is 3. The van der Waals surface area contributed by atoms with E-state index in [9.17, 15) is 4.79 Å². The molecule has 0 atom stereocenters. The molecule has 7 heteroatoms. The molecule has 0 N–H and O–H groups in total. The van der Waals surface area contributed by atoms with Crippen molar-refractivity contribution in [2.75, 3.05) is 39.3 Å². The van der Waals surface area contributed by atoms with Crippen molar-refractivity contribution < 1.29 is 19.0 Å². The maximum absolute atomic E-state index is 13.5. The monoisotopic (exact) mass is 466 g/mol. The van der Waals surface area contributed by atoms with Gasteiger partial charge in [0.25, 0.3) is 5.91 Å². The zero-order valence-electron chi connectivity index (χ0n) is 19.3. The molecule has 4 rings (SSSR count). The highest BCUT2D eigenvalue weighted by Gasteiger charge is 2.31. The number of thiophene rings is 1. The molecule has 0 bridgehead atoms. The predicted octanol–water partition coefficient (Wildman–Crippen LogP) is 5.09. The lowest BCUT2D eigenvalue weighted by Gasteiger charge is -2.38. The smallest absolute Gasteiger partial charge is 0.268 e. The maximum Gasteiger partial charge on any atom is 0.268 e. The van der Waals surface area contributed by atoms with Crippen LogP contribution in [-0.4, -0.2) is 51.3 Å². The molecule has 2 aromatic carbocycles. The van der Waals surface area contributed by atoms with Crippen LogP contribution < -0.4 is 19.1 Å². The van der Waals surface area contributed by atoms with Gasteiger partial charge in [0, 0.05) is 43.0 Å². The number of anilines is 1. The highest BCUT2D eigenvalue weighted by atomic mass is 32.1. The SMILES string of the molecule is COc1cccc(N(C(=O)c2cccs2)C2CCN(Cc3cc(OC)ccc3OC)CC2)c1. The summed E-state index contributed by atoms with van der Waals surface area (Å²) in [5, 5.41) is 1.95. The van der Waals surface area contributed by atoms with Crippen molar-refractivity contribution in [2.45, 2.75) is 25.4 Å². The summed E-state index contributed by atoms with van der Waals surface area (Å²) in [6, 6.07) is 17.6. The van der Waals surface area contributed by atoms with Crippen molar-refractivity contribution in [3.8, 4) is 17.2 Å². The number of methoxy groups -OCH3 is 3. The number of piperidine rings is 1. The summed E-state index contributed by atoms with van der Waals surface area (Å²) in [5.41, 5.74) is 1.98. The summed E-state index contributed by atoms with van der Waals surface area (Å²) >= 11 is 1.48. The van der Waals surface area contributed by atoms with E-state index in [2.05, 4.69) is 4.90 Å². The van der Waals surface area contributed by atoms with Crippen LogP contribution in [0.1, 0.15) is 28.1 Å². The third-order valence-electron chi connectivity index (χ3n) is 6.09. The molecule has 1 amide bonds. The lowest BCUT2D eigenvalue weighted by molar-refractivity contribution is 0.0962. The quantitative estimate of drug-likeness (QED) is 0.463. The number of amides is 1. The lowest BCUT2D eigenvalue weighted by Crippen LogP contribution is -2.47. The van der Waals surface area contributed by atoms with Crippen LogP contribution in [0.15, 0.2) is 60.0 Å². The van der Waals surface area contributed by atoms with E-state index in [-0.39, 0.29) is 11.9 Å². The van der Waals surface area contributed by atoms with Crippen LogP contribution in [0.3, 0.4) is 0 Å². The molecule has 33 heavy (non-hydrogen) atoms. The summed E-state index contributed by atoms with van der Waals surface area (Å²) in [5.74, 6) is 2.49. The Labute approximate surface area is 199 Å². The van der Waals surface area contributed by atoms with Crippen LogP contribution in [0.2, 0.25) is 0 Å². The number of carbonyl (C=O) groups is 1. The number of hydrogen-bond donors (Lipinski definition) is 0. The van der Waals surface area contributed by atoms with Gasteiger partial charge in [-0.25, -0.2) is 0 Å². The number of hydrogen-bond acceptors (Lipinski definition) is 6. The Balaban J connectivity index is 1.51. The van der Waals surface area contributed by atoms with Crippen LogP contribution in [0.4, 0.5) is 5.69 Å². The number of rotatable bonds is 8. The number of carbonyl (C=O) groups excluding carboxylic acids is 1. The van der Waals surface area contributed by atoms with Crippen LogP contribution >= 0.6 is 11.3 Å². The van der Waals surface area contributed by atoms with Crippen molar-refractivity contribution in [1.82, 2.24) is 4.90 Å². The Hall–Kier alpha value is -3.03. The first-order chi connectivity index (χ1) is 16.1. The van der Waals surface area contributed by atoms with Crippen molar-refractivity contribution in [1.29, 1.82) is 0 Å². The normalized spacial score (nSPS) is 14.6. The molecule has 1 aromatic heterocycles. The van der Waals surface area contributed by atoms with Crippen LogP contribution in [0, 0.1) is 0 Å². The minimum atomic E-state index is 0.0474. The Morgan fingerprint density at radius 3 is 2.39 bits per heavy atom. The first-order valence-electron chi connectivity index (χ1n) is 11.1. The number of nitrogens with zero attached hydrogens (tertiary/aromatic N) is 2. The van der Waals surface area contributed by atoms with E-state index in [0.29, 0.717) is 0 Å². The zero-order chi connectivity index (χ0) is 23.2. The van der Waals surface area contributed by atoms with E-state index in [4.69, 9.17) is 14.2 Å². The largest absolute Gasteiger partial charge is 0.497 e. The first kappa shape index (κ1) is 23.1. The molecule has 1 fully saturated rings. The number of likely N-dealkylation sites (tertiary alicyclic amines) is 1. The second-order valence-electron chi connectivity index (χ2n) is 8.04. The third-order valence-corrected chi connectivity index (χ3v) is 6.94. The molecule has 0 aliphatic carbocycles. The summed E-state index contributed by atoms with van der Waals surface area (Å²) in [6.45, 7) is 2.57. The second kappa shape index (κ2) is 10.7. The molecule has 174 valence electrons. The van der Waals surface area contributed by atoms with Gasteiger partial charge in [0.05, 0.1) is 26.2 Å². The summed E-state index contributed by atoms with van der Waals surface area (Å²) in [7, 11) is 5.02. The van der Waals surface area contributed by atoms with E-state index in [0.717, 1.165) is 65.9 Å². The lowest BCUT2D eigenvalue weighted by atomic mass is 10.0. The fourth-order valence-electron chi connectivity index (χ4n) is 4.36. The average molecular weight is 467 g/mol. The Bertz CT molecular complexity index is 1060. The summed E-state index contributed by atoms with van der Waals surface area (Å²) in [4.78, 5) is 18.6. The van der Waals surface area contributed by atoms with Gasteiger partial charge in [-0.1, -0.05) is 12.1 Å². The molecular weight excluding hydrogens is 436 g/mol. The van der Waals surface area contributed by atoms with Gasteiger partial charge < -0.3 is 19.1 Å². The van der Waals surface area contributed by atoms with Gasteiger partial charge >= 0.3 is 0 Å². The molecule has 0 saturated carbocycles. The van der Waals surface area contributed by atoms with E-state index >= 15 is 0 Å². The average Bonchev–Trinajstić information content (AvgIpc) is 3.40. The van der Waals surface area contributed by atoms with Gasteiger partial charge in [-0.3, -0.25) is 9.69 Å². The maximum atomic E-state index is 13.5. The molecule has 3 aromatic rings.